The third kappa shape index (κ3) is 3.63. The van der Waals surface area contributed by atoms with Crippen LogP contribution in [-0.4, -0.2) is 48.1 Å². The number of piperidine rings is 1. The average molecular weight is 460 g/mol. The van der Waals surface area contributed by atoms with Crippen molar-refractivity contribution in [2.45, 2.75) is 44.6 Å². The molecule has 174 valence electrons. The number of anilines is 1. The summed E-state index contributed by atoms with van der Waals surface area (Å²) in [7, 11) is 0. The molecule has 0 atom stereocenters. The van der Waals surface area contributed by atoms with Crippen LogP contribution in [0.2, 0.25) is 0 Å². The first kappa shape index (κ1) is 20.9. The zero-order valence-electron chi connectivity index (χ0n) is 18.9. The summed E-state index contributed by atoms with van der Waals surface area (Å²) < 4.78 is 18.8. The zero-order valence-corrected chi connectivity index (χ0v) is 18.9. The number of hydrogen-bond donors (Lipinski definition) is 2. The van der Waals surface area contributed by atoms with Gasteiger partial charge in [-0.25, -0.2) is 9.37 Å². The van der Waals surface area contributed by atoms with Gasteiger partial charge in [0.1, 0.15) is 11.5 Å². The van der Waals surface area contributed by atoms with E-state index in [4.69, 9.17) is 5.73 Å². The Morgan fingerprint density at radius 2 is 1.91 bits per heavy atom. The molecule has 6 rings (SSSR count). The number of hydrogen-bond acceptors (Lipinski definition) is 7. The highest BCUT2D eigenvalue weighted by molar-refractivity contribution is 5.76. The highest BCUT2D eigenvalue weighted by Crippen LogP contribution is 2.43. The van der Waals surface area contributed by atoms with E-state index >= 15 is 4.39 Å². The van der Waals surface area contributed by atoms with Gasteiger partial charge in [-0.1, -0.05) is 6.07 Å². The first-order valence-electron chi connectivity index (χ1n) is 11.7. The van der Waals surface area contributed by atoms with Crippen LogP contribution < -0.4 is 11.1 Å². The van der Waals surface area contributed by atoms with Gasteiger partial charge in [0.05, 0.1) is 17.8 Å². The van der Waals surface area contributed by atoms with Crippen LogP contribution in [0.3, 0.4) is 0 Å². The van der Waals surface area contributed by atoms with E-state index in [1.807, 2.05) is 36.1 Å². The predicted octanol–water partition coefficient (Wildman–Crippen LogP) is 3.42. The van der Waals surface area contributed by atoms with Gasteiger partial charge in [-0.2, -0.15) is 9.78 Å². The molecule has 0 bridgehead atoms. The molecule has 1 aromatic carbocycles. The zero-order chi connectivity index (χ0) is 23.2. The first-order valence-corrected chi connectivity index (χ1v) is 11.7. The van der Waals surface area contributed by atoms with Gasteiger partial charge in [0.25, 0.3) is 0 Å². The van der Waals surface area contributed by atoms with Gasteiger partial charge >= 0.3 is 0 Å². The van der Waals surface area contributed by atoms with Gasteiger partial charge in [0.2, 0.25) is 0 Å². The molecule has 0 spiro atoms. The van der Waals surface area contributed by atoms with Gasteiger partial charge in [0, 0.05) is 23.5 Å². The molecular formula is C24H26FN9. The molecule has 0 amide bonds. The van der Waals surface area contributed by atoms with Crippen LogP contribution in [-0.2, 0) is 0 Å². The molecule has 1 aliphatic heterocycles. The summed E-state index contributed by atoms with van der Waals surface area (Å²) in [6.45, 7) is 3.80. The van der Waals surface area contributed by atoms with E-state index in [0.717, 1.165) is 55.5 Å². The van der Waals surface area contributed by atoms with E-state index in [1.165, 1.54) is 4.68 Å². The van der Waals surface area contributed by atoms with Crippen LogP contribution in [0, 0.1) is 12.7 Å². The largest absolute Gasteiger partial charge is 0.383 e. The monoisotopic (exact) mass is 459 g/mol. The van der Waals surface area contributed by atoms with E-state index in [9.17, 15) is 0 Å². The summed E-state index contributed by atoms with van der Waals surface area (Å²) in [6.07, 6.45) is 9.90. The van der Waals surface area contributed by atoms with Crippen LogP contribution in [0.1, 0.15) is 48.8 Å². The molecule has 1 saturated heterocycles. The molecule has 1 aliphatic carbocycles. The third-order valence-electron chi connectivity index (χ3n) is 6.90. The number of rotatable bonds is 5. The molecule has 2 fully saturated rings. The number of tetrazole rings is 1. The lowest BCUT2D eigenvalue weighted by atomic mass is 10.0. The van der Waals surface area contributed by atoms with E-state index in [-0.39, 0.29) is 11.6 Å². The maximum Gasteiger partial charge on any atom is 0.190 e. The standard InChI is InChI=1S/C24H26FN9/c1-14-19(15-2-3-15)4-5-21(22(14)25)34-24(30-31-32-34)20-10-16(11-28-23(20)26)17-12-29-33(13-17)18-6-8-27-9-7-18/h4-5,10-13,15,18,27H,2-3,6-9H2,1H3,(H2,26,28). The quantitative estimate of drug-likeness (QED) is 0.470. The summed E-state index contributed by atoms with van der Waals surface area (Å²) in [4.78, 5) is 4.38. The molecule has 34 heavy (non-hydrogen) atoms. The van der Waals surface area contributed by atoms with E-state index in [2.05, 4.69) is 30.9 Å². The minimum atomic E-state index is -0.316. The molecule has 2 aliphatic rings. The van der Waals surface area contributed by atoms with E-state index in [0.29, 0.717) is 34.6 Å². The normalized spacial score (nSPS) is 16.8. The highest BCUT2D eigenvalue weighted by atomic mass is 19.1. The first-order chi connectivity index (χ1) is 16.6. The van der Waals surface area contributed by atoms with Crippen molar-refractivity contribution < 1.29 is 4.39 Å². The minimum Gasteiger partial charge on any atom is -0.383 e. The molecular weight excluding hydrogens is 433 g/mol. The summed E-state index contributed by atoms with van der Waals surface area (Å²) in [5.74, 6) is 0.760. The van der Waals surface area contributed by atoms with Crippen LogP contribution in [0.25, 0.3) is 28.2 Å². The Kier molecular flexibility index (Phi) is 5.09. The number of aromatic nitrogens is 7. The summed E-state index contributed by atoms with van der Waals surface area (Å²) in [6, 6.07) is 5.99. The van der Waals surface area contributed by atoms with Crippen molar-refractivity contribution in [1.29, 1.82) is 0 Å². The van der Waals surface area contributed by atoms with Crippen molar-refractivity contribution >= 4 is 5.82 Å². The van der Waals surface area contributed by atoms with Crippen LogP contribution in [0.5, 0.6) is 0 Å². The molecule has 3 N–H and O–H groups in total. The third-order valence-corrected chi connectivity index (χ3v) is 6.90. The van der Waals surface area contributed by atoms with Gasteiger partial charge in [-0.05, 0) is 85.3 Å². The number of nitrogen functional groups attached to an aromatic ring is 1. The SMILES string of the molecule is Cc1c(C2CC2)ccc(-n2nnnc2-c2cc(-c3cnn(C4CCNCC4)c3)cnc2N)c1F. The van der Waals surface area contributed by atoms with Crippen molar-refractivity contribution in [3.8, 4) is 28.2 Å². The Morgan fingerprint density at radius 1 is 1.09 bits per heavy atom. The highest BCUT2D eigenvalue weighted by Gasteiger charge is 2.28. The lowest BCUT2D eigenvalue weighted by molar-refractivity contribution is 0.343. The number of halogens is 1. The van der Waals surface area contributed by atoms with E-state index in [1.54, 1.807) is 12.3 Å². The summed E-state index contributed by atoms with van der Waals surface area (Å²) in [5.41, 5.74) is 10.5. The lowest BCUT2D eigenvalue weighted by Crippen LogP contribution is -2.29. The van der Waals surface area contributed by atoms with Crippen LogP contribution >= 0.6 is 0 Å². The van der Waals surface area contributed by atoms with Crippen molar-refractivity contribution in [2.75, 3.05) is 18.8 Å². The average Bonchev–Trinajstić information content (AvgIpc) is 3.38. The van der Waals surface area contributed by atoms with E-state index < -0.39 is 0 Å². The number of nitrogens with one attached hydrogen (secondary N) is 1. The Balaban J connectivity index is 1.37. The number of nitrogens with two attached hydrogens (primary N) is 1. The van der Waals surface area contributed by atoms with Crippen molar-refractivity contribution in [3.63, 3.8) is 0 Å². The maximum atomic E-state index is 15.4. The Bertz CT molecular complexity index is 1350. The second-order valence-electron chi connectivity index (χ2n) is 9.15. The maximum absolute atomic E-state index is 15.4. The van der Waals surface area contributed by atoms with Crippen LogP contribution in [0.15, 0.2) is 36.8 Å². The fourth-order valence-electron chi connectivity index (χ4n) is 4.77. The van der Waals surface area contributed by atoms with Gasteiger partial charge in [-0.3, -0.25) is 4.68 Å². The number of pyridine rings is 1. The fourth-order valence-corrected chi connectivity index (χ4v) is 4.77. The van der Waals surface area contributed by atoms with Crippen molar-refractivity contribution in [2.24, 2.45) is 0 Å². The minimum absolute atomic E-state index is 0.275. The second kappa shape index (κ2) is 8.28. The smallest absolute Gasteiger partial charge is 0.190 e. The predicted molar refractivity (Wildman–Crippen MR) is 126 cm³/mol. The summed E-state index contributed by atoms with van der Waals surface area (Å²) in [5, 5.41) is 20.0. The van der Waals surface area contributed by atoms with Gasteiger partial charge < -0.3 is 11.1 Å². The Labute approximate surface area is 196 Å². The summed E-state index contributed by atoms with van der Waals surface area (Å²) >= 11 is 0. The molecule has 0 radical (unpaired) electrons. The van der Waals surface area contributed by atoms with Crippen LogP contribution in [0.4, 0.5) is 10.2 Å². The van der Waals surface area contributed by atoms with Gasteiger partial charge in [0.15, 0.2) is 11.6 Å². The Hall–Kier alpha value is -3.66. The molecule has 9 nitrogen and oxygen atoms in total. The molecule has 1 saturated carbocycles. The fraction of sp³-hybridized carbons (Fsp3) is 0.375. The van der Waals surface area contributed by atoms with Crippen molar-refractivity contribution in [1.82, 2.24) is 40.3 Å². The number of benzene rings is 1. The number of nitrogens with zero attached hydrogens (tertiary/aromatic N) is 7. The lowest BCUT2D eigenvalue weighted by Gasteiger charge is -2.22. The molecule has 3 aromatic heterocycles. The van der Waals surface area contributed by atoms with Crippen molar-refractivity contribution in [3.05, 3.63) is 53.7 Å². The van der Waals surface area contributed by atoms with Gasteiger partial charge in [-0.15, -0.1) is 5.10 Å². The molecule has 10 heteroatoms. The molecule has 4 heterocycles. The Morgan fingerprint density at radius 3 is 2.71 bits per heavy atom. The second-order valence-corrected chi connectivity index (χ2v) is 9.15. The molecule has 0 unspecified atom stereocenters. The topological polar surface area (TPSA) is 112 Å². The molecule has 4 aromatic rings.